The average molecular weight is 559 g/mol. The number of amides is 2. The summed E-state index contributed by atoms with van der Waals surface area (Å²) in [5, 5.41) is 9.76. The Kier molecular flexibility index (Phi) is 9.97. The molecule has 210 valence electrons. The quantitative estimate of drug-likeness (QED) is 0.314. The number of hydrogen-bond acceptors (Lipinski definition) is 5. The largest absolute Gasteiger partial charge is 0.491 e. The number of rotatable bonds is 13. The molecule has 1 N–H and O–H groups in total. The Balaban J connectivity index is 1.53. The molecule has 9 heteroatoms. The third kappa shape index (κ3) is 7.57. The number of likely N-dealkylation sites (tertiary alicyclic amines) is 1. The third-order valence-electron chi connectivity index (χ3n) is 7.72. The van der Waals surface area contributed by atoms with Gasteiger partial charge < -0.3 is 9.84 Å². The molecular weight excluding hydrogens is 523 g/mol. The van der Waals surface area contributed by atoms with Gasteiger partial charge in [-0.15, -0.1) is 0 Å². The molecule has 1 saturated heterocycles. The second kappa shape index (κ2) is 13.4. The van der Waals surface area contributed by atoms with E-state index in [1.165, 1.54) is 17.0 Å². The van der Waals surface area contributed by atoms with Gasteiger partial charge in [0.05, 0.1) is 18.0 Å². The number of carbonyl (C=O) groups is 3. The van der Waals surface area contributed by atoms with E-state index in [0.717, 1.165) is 43.4 Å². The number of carbonyl (C=O) groups excluding carboxylic acids is 2. The van der Waals surface area contributed by atoms with E-state index >= 15 is 0 Å². The Labute approximate surface area is 233 Å². The zero-order chi connectivity index (χ0) is 27.9. The van der Waals surface area contributed by atoms with Crippen LogP contribution in [0.2, 0.25) is 5.02 Å². The van der Waals surface area contributed by atoms with Crippen LogP contribution in [0.25, 0.3) is 0 Å². The van der Waals surface area contributed by atoms with E-state index in [1.54, 1.807) is 6.07 Å². The number of carboxylic acid groups (broad SMARTS) is 1. The van der Waals surface area contributed by atoms with Gasteiger partial charge in [0.15, 0.2) is 0 Å². The fraction of sp³-hybridized carbons (Fsp3) is 0.500. The number of carboxylic acids is 1. The van der Waals surface area contributed by atoms with E-state index in [4.69, 9.17) is 16.3 Å². The standard InChI is InChI=1S/C30H36ClFN2O5/c1-2-22-15-21(7-10-27(22)39-14-13-34-28(35)11-12-29(34)36)19-33(18-20-5-3-4-6-20)26(17-30(37)38)23-8-9-24(31)25(32)16-23/h7-10,15-16,20,26H,2-6,11-14,17-19H2,1H3,(H,37,38). The molecule has 7 nitrogen and oxygen atoms in total. The van der Waals surface area contributed by atoms with E-state index < -0.39 is 17.8 Å². The molecule has 0 spiro atoms. The van der Waals surface area contributed by atoms with Crippen LogP contribution in [-0.4, -0.2) is 52.4 Å². The molecule has 2 aromatic carbocycles. The van der Waals surface area contributed by atoms with Crippen molar-refractivity contribution in [2.45, 2.75) is 70.9 Å². The van der Waals surface area contributed by atoms with Gasteiger partial charge in [0, 0.05) is 32.0 Å². The van der Waals surface area contributed by atoms with Crippen LogP contribution < -0.4 is 4.74 Å². The number of aryl methyl sites for hydroxylation is 1. The van der Waals surface area contributed by atoms with Gasteiger partial charge in [-0.1, -0.05) is 49.6 Å². The van der Waals surface area contributed by atoms with Crippen LogP contribution in [0.4, 0.5) is 4.39 Å². The maximum absolute atomic E-state index is 14.4. The number of benzene rings is 2. The highest BCUT2D eigenvalue weighted by Crippen LogP contribution is 2.34. The molecule has 1 aliphatic carbocycles. The average Bonchev–Trinajstić information content (AvgIpc) is 3.54. The maximum atomic E-state index is 14.4. The molecule has 0 radical (unpaired) electrons. The predicted molar refractivity (Wildman–Crippen MR) is 146 cm³/mol. The van der Waals surface area contributed by atoms with Crippen LogP contribution in [0.15, 0.2) is 36.4 Å². The zero-order valence-electron chi connectivity index (χ0n) is 22.3. The minimum absolute atomic E-state index is 0.0109. The van der Waals surface area contributed by atoms with E-state index in [-0.39, 0.29) is 49.3 Å². The Hall–Kier alpha value is -2.97. The Morgan fingerprint density at radius 1 is 1.15 bits per heavy atom. The number of nitrogens with zero attached hydrogens (tertiary/aromatic N) is 2. The molecule has 0 bridgehead atoms. The van der Waals surface area contributed by atoms with Crippen LogP contribution >= 0.6 is 11.6 Å². The van der Waals surface area contributed by atoms with Crippen LogP contribution in [0.3, 0.4) is 0 Å². The number of imide groups is 1. The fourth-order valence-corrected chi connectivity index (χ4v) is 5.79. The molecule has 2 fully saturated rings. The van der Waals surface area contributed by atoms with Crippen molar-refractivity contribution < 1.29 is 28.6 Å². The summed E-state index contributed by atoms with van der Waals surface area (Å²) >= 11 is 5.92. The lowest BCUT2D eigenvalue weighted by atomic mass is 9.97. The molecule has 1 saturated carbocycles. The molecule has 2 aliphatic rings. The number of aliphatic carboxylic acids is 1. The summed E-state index contributed by atoms with van der Waals surface area (Å²) in [5.74, 6) is -0.661. The first-order valence-corrected chi connectivity index (χ1v) is 14.1. The van der Waals surface area contributed by atoms with Crippen LogP contribution in [0.1, 0.15) is 74.6 Å². The van der Waals surface area contributed by atoms with Gasteiger partial charge in [0.25, 0.3) is 0 Å². The molecule has 1 heterocycles. The molecule has 1 aliphatic heterocycles. The molecule has 4 rings (SSSR count). The summed E-state index contributed by atoms with van der Waals surface area (Å²) in [6.45, 7) is 3.70. The van der Waals surface area contributed by atoms with Crippen molar-refractivity contribution in [2.24, 2.45) is 5.92 Å². The Bertz CT molecular complexity index is 1180. The van der Waals surface area contributed by atoms with Crippen molar-refractivity contribution in [1.29, 1.82) is 0 Å². The van der Waals surface area contributed by atoms with Gasteiger partial charge in [-0.05, 0) is 60.1 Å². The highest BCUT2D eigenvalue weighted by molar-refractivity contribution is 6.30. The number of hydrogen-bond donors (Lipinski definition) is 1. The second-order valence-corrected chi connectivity index (χ2v) is 10.9. The van der Waals surface area contributed by atoms with Crippen molar-refractivity contribution in [1.82, 2.24) is 9.80 Å². The first-order valence-electron chi connectivity index (χ1n) is 13.7. The van der Waals surface area contributed by atoms with Gasteiger partial charge in [-0.3, -0.25) is 24.2 Å². The first kappa shape index (κ1) is 29.0. The Morgan fingerprint density at radius 3 is 2.51 bits per heavy atom. The van der Waals surface area contributed by atoms with E-state index in [9.17, 15) is 23.9 Å². The van der Waals surface area contributed by atoms with Crippen molar-refractivity contribution in [2.75, 3.05) is 19.7 Å². The van der Waals surface area contributed by atoms with Crippen LogP contribution in [-0.2, 0) is 27.3 Å². The van der Waals surface area contributed by atoms with Crippen molar-refractivity contribution in [3.05, 3.63) is 63.9 Å². The van der Waals surface area contributed by atoms with Gasteiger partial charge in [-0.25, -0.2) is 4.39 Å². The zero-order valence-corrected chi connectivity index (χ0v) is 23.1. The fourth-order valence-electron chi connectivity index (χ4n) is 5.67. The molecule has 2 aromatic rings. The SMILES string of the molecule is CCc1cc(CN(CC2CCCC2)C(CC(=O)O)c2ccc(Cl)c(F)c2)ccc1OCCN1C(=O)CCC1=O. The summed E-state index contributed by atoms with van der Waals surface area (Å²) in [4.78, 5) is 39.0. The van der Waals surface area contributed by atoms with Crippen molar-refractivity contribution >= 4 is 29.4 Å². The van der Waals surface area contributed by atoms with Gasteiger partial charge in [0.2, 0.25) is 11.8 Å². The van der Waals surface area contributed by atoms with Gasteiger partial charge in [-0.2, -0.15) is 0 Å². The number of halogens is 2. The minimum atomic E-state index is -0.945. The summed E-state index contributed by atoms with van der Waals surface area (Å²) < 4.78 is 20.4. The topological polar surface area (TPSA) is 87.2 Å². The first-order chi connectivity index (χ1) is 18.7. The molecule has 1 atom stereocenters. The highest BCUT2D eigenvalue weighted by atomic mass is 35.5. The summed E-state index contributed by atoms with van der Waals surface area (Å²) in [6.07, 6.45) is 5.61. The monoisotopic (exact) mass is 558 g/mol. The van der Waals surface area contributed by atoms with E-state index in [1.807, 2.05) is 19.1 Å². The number of ether oxygens (including phenoxy) is 1. The molecule has 2 amide bonds. The van der Waals surface area contributed by atoms with Crippen molar-refractivity contribution in [3.8, 4) is 5.75 Å². The summed E-state index contributed by atoms with van der Waals surface area (Å²) in [7, 11) is 0. The lowest BCUT2D eigenvalue weighted by Gasteiger charge is -2.34. The molecule has 39 heavy (non-hydrogen) atoms. The normalized spacial score (nSPS) is 16.9. The lowest BCUT2D eigenvalue weighted by Crippen LogP contribution is -2.34. The summed E-state index contributed by atoms with van der Waals surface area (Å²) in [6, 6.07) is 9.95. The van der Waals surface area contributed by atoms with E-state index in [0.29, 0.717) is 30.2 Å². The van der Waals surface area contributed by atoms with Gasteiger partial charge >= 0.3 is 5.97 Å². The Morgan fingerprint density at radius 2 is 1.87 bits per heavy atom. The van der Waals surface area contributed by atoms with Gasteiger partial charge in [0.1, 0.15) is 18.2 Å². The van der Waals surface area contributed by atoms with E-state index in [2.05, 4.69) is 11.0 Å². The molecule has 1 unspecified atom stereocenters. The molecule has 0 aromatic heterocycles. The van der Waals surface area contributed by atoms with Crippen molar-refractivity contribution in [3.63, 3.8) is 0 Å². The lowest BCUT2D eigenvalue weighted by molar-refractivity contribution is -0.140. The maximum Gasteiger partial charge on any atom is 0.305 e. The second-order valence-electron chi connectivity index (χ2n) is 10.5. The highest BCUT2D eigenvalue weighted by Gasteiger charge is 2.29. The smallest absolute Gasteiger partial charge is 0.305 e. The van der Waals surface area contributed by atoms with Crippen LogP contribution in [0, 0.1) is 11.7 Å². The van der Waals surface area contributed by atoms with Crippen LogP contribution in [0.5, 0.6) is 5.75 Å². The minimum Gasteiger partial charge on any atom is -0.491 e. The molecular formula is C30H36ClFN2O5. The third-order valence-corrected chi connectivity index (χ3v) is 8.03. The predicted octanol–water partition coefficient (Wildman–Crippen LogP) is 5.78. The summed E-state index contributed by atoms with van der Waals surface area (Å²) in [5.41, 5.74) is 2.59.